The van der Waals surface area contributed by atoms with Crippen molar-refractivity contribution in [3.8, 4) is 0 Å². The van der Waals surface area contributed by atoms with E-state index in [1.807, 2.05) is 13.8 Å². The number of ether oxygens (including phenoxy) is 1. The Labute approximate surface area is 122 Å². The van der Waals surface area contributed by atoms with E-state index in [9.17, 15) is 5.11 Å². The Kier molecular flexibility index (Phi) is 3.04. The van der Waals surface area contributed by atoms with Gasteiger partial charge >= 0.3 is 0 Å². The minimum absolute atomic E-state index is 0.287. The van der Waals surface area contributed by atoms with E-state index in [0.717, 1.165) is 5.56 Å². The fourth-order valence-electron chi connectivity index (χ4n) is 3.88. The highest BCUT2D eigenvalue weighted by Gasteiger charge is 2.57. The summed E-state index contributed by atoms with van der Waals surface area (Å²) in [6.45, 7) is 8.11. The van der Waals surface area contributed by atoms with Crippen molar-refractivity contribution in [2.24, 2.45) is 0 Å². The van der Waals surface area contributed by atoms with Gasteiger partial charge in [-0.15, -0.1) is 0 Å². The Morgan fingerprint density at radius 2 is 1.85 bits per heavy atom. The molecule has 20 heavy (non-hydrogen) atoms. The van der Waals surface area contributed by atoms with Gasteiger partial charge in [0.25, 0.3) is 0 Å². The van der Waals surface area contributed by atoms with Crippen LogP contribution in [0.1, 0.15) is 70.4 Å². The quantitative estimate of drug-likeness (QED) is 0.879. The molecule has 1 aromatic rings. The van der Waals surface area contributed by atoms with Crippen LogP contribution in [0.2, 0.25) is 0 Å². The number of rotatable bonds is 2. The number of aliphatic hydroxyl groups is 1. The summed E-state index contributed by atoms with van der Waals surface area (Å²) in [7, 11) is 0. The summed E-state index contributed by atoms with van der Waals surface area (Å²) in [5.41, 5.74) is 0.635. The molecular weight excluding hydrogens is 248 g/mol. The third-order valence-corrected chi connectivity index (χ3v) is 5.15. The fraction of sp³-hybridized carbons (Fsp3) is 0.667. The maximum Gasteiger partial charge on any atom is 0.121 e. The van der Waals surface area contributed by atoms with E-state index < -0.39 is 11.2 Å². The van der Waals surface area contributed by atoms with Crippen LogP contribution in [0, 0.1) is 0 Å². The van der Waals surface area contributed by atoms with E-state index in [1.54, 1.807) is 0 Å². The van der Waals surface area contributed by atoms with Gasteiger partial charge in [-0.05, 0) is 57.6 Å². The summed E-state index contributed by atoms with van der Waals surface area (Å²) in [6, 6.07) is 8.54. The van der Waals surface area contributed by atoms with Crippen molar-refractivity contribution in [1.29, 1.82) is 0 Å². The molecule has 2 heteroatoms. The largest absolute Gasteiger partial charge is 0.382 e. The predicted octanol–water partition coefficient (Wildman–Crippen LogP) is 4.12. The Hall–Kier alpha value is -0.860. The van der Waals surface area contributed by atoms with Crippen molar-refractivity contribution >= 4 is 0 Å². The van der Waals surface area contributed by atoms with Crippen LogP contribution in [0.15, 0.2) is 24.3 Å². The van der Waals surface area contributed by atoms with Gasteiger partial charge in [-0.3, -0.25) is 0 Å². The first-order valence-electron chi connectivity index (χ1n) is 7.77. The molecule has 1 unspecified atom stereocenters. The molecule has 2 aliphatic rings. The molecule has 0 aromatic heterocycles. The lowest BCUT2D eigenvalue weighted by molar-refractivity contribution is -0.129. The van der Waals surface area contributed by atoms with E-state index in [0.29, 0.717) is 12.3 Å². The summed E-state index contributed by atoms with van der Waals surface area (Å²) in [5.74, 6) is 0.692. The van der Waals surface area contributed by atoms with Gasteiger partial charge in [-0.1, -0.05) is 30.7 Å². The van der Waals surface area contributed by atoms with Crippen LogP contribution in [-0.2, 0) is 10.3 Å². The second-order valence-electron chi connectivity index (χ2n) is 7.66. The molecule has 110 valence electrons. The second kappa shape index (κ2) is 4.32. The molecule has 0 amide bonds. The van der Waals surface area contributed by atoms with Crippen molar-refractivity contribution in [2.75, 3.05) is 0 Å². The van der Waals surface area contributed by atoms with Crippen LogP contribution in [0.5, 0.6) is 0 Å². The molecule has 1 heterocycles. The summed E-state index contributed by atoms with van der Waals surface area (Å²) in [4.78, 5) is 0. The molecule has 3 rings (SSSR count). The predicted molar refractivity (Wildman–Crippen MR) is 80.8 cm³/mol. The molecule has 0 bridgehead atoms. The van der Waals surface area contributed by atoms with Gasteiger partial charge in [0.05, 0.1) is 11.2 Å². The van der Waals surface area contributed by atoms with E-state index in [-0.39, 0.29) is 5.60 Å². The summed E-state index contributed by atoms with van der Waals surface area (Å²) < 4.78 is 6.10. The number of hydrogen-bond acceptors (Lipinski definition) is 2. The maximum atomic E-state index is 11.3. The number of hydrogen-bond donors (Lipinski definition) is 1. The van der Waals surface area contributed by atoms with Gasteiger partial charge in [-0.2, -0.15) is 0 Å². The summed E-state index contributed by atoms with van der Waals surface area (Å²) in [6.07, 6.45) is 4.54. The van der Waals surface area contributed by atoms with Gasteiger partial charge in [0, 0.05) is 6.42 Å². The third-order valence-electron chi connectivity index (χ3n) is 5.15. The van der Waals surface area contributed by atoms with Crippen LogP contribution in [0.25, 0.3) is 0 Å². The van der Waals surface area contributed by atoms with Crippen molar-refractivity contribution in [3.05, 3.63) is 35.4 Å². The smallest absolute Gasteiger partial charge is 0.121 e. The minimum atomic E-state index is -0.906. The molecule has 1 aromatic carbocycles. The lowest BCUT2D eigenvalue weighted by Gasteiger charge is -2.36. The first-order chi connectivity index (χ1) is 9.24. The molecular formula is C18H26O2. The van der Waals surface area contributed by atoms with Gasteiger partial charge in [0.15, 0.2) is 0 Å². The monoisotopic (exact) mass is 274 g/mol. The zero-order valence-electron chi connectivity index (χ0n) is 13.1. The maximum absolute atomic E-state index is 11.3. The Morgan fingerprint density at radius 1 is 1.15 bits per heavy atom. The van der Waals surface area contributed by atoms with E-state index >= 15 is 0 Å². The molecule has 0 radical (unpaired) electrons. The standard InChI is InChI=1S/C18H26O2/c1-16(2)12-18(19,17(3,4)20-16)15-10-6-9-14(11-15)13-7-5-8-13/h6,9-11,13,19H,5,7-8,12H2,1-4H3. The zero-order valence-corrected chi connectivity index (χ0v) is 13.1. The highest BCUT2D eigenvalue weighted by Crippen LogP contribution is 2.51. The SMILES string of the molecule is CC1(C)CC(O)(c2cccc(C3CCC3)c2)C(C)(C)O1. The van der Waals surface area contributed by atoms with Crippen LogP contribution < -0.4 is 0 Å². The number of benzene rings is 1. The van der Waals surface area contributed by atoms with Crippen LogP contribution >= 0.6 is 0 Å². The van der Waals surface area contributed by atoms with Gasteiger partial charge in [0.2, 0.25) is 0 Å². The normalized spacial score (nSPS) is 32.0. The van der Waals surface area contributed by atoms with Crippen molar-refractivity contribution < 1.29 is 9.84 Å². The van der Waals surface area contributed by atoms with Crippen LogP contribution in [0.3, 0.4) is 0 Å². The first-order valence-corrected chi connectivity index (χ1v) is 7.77. The lowest BCUT2D eigenvalue weighted by atomic mass is 9.74. The highest BCUT2D eigenvalue weighted by molar-refractivity contribution is 5.34. The molecule has 1 aliphatic carbocycles. The first kappa shape index (κ1) is 14.1. The molecule has 1 N–H and O–H groups in total. The van der Waals surface area contributed by atoms with E-state index in [2.05, 4.69) is 38.1 Å². The molecule has 1 aliphatic heterocycles. The Balaban J connectivity index is 1.99. The summed E-state index contributed by atoms with van der Waals surface area (Å²) in [5, 5.41) is 11.3. The molecule has 1 atom stereocenters. The van der Waals surface area contributed by atoms with E-state index in [4.69, 9.17) is 4.74 Å². The molecule has 2 fully saturated rings. The zero-order chi connectivity index (χ0) is 14.6. The summed E-state index contributed by atoms with van der Waals surface area (Å²) >= 11 is 0. The average Bonchev–Trinajstić information content (AvgIpc) is 2.41. The molecule has 2 nitrogen and oxygen atoms in total. The third kappa shape index (κ3) is 2.10. The van der Waals surface area contributed by atoms with Crippen LogP contribution in [0.4, 0.5) is 0 Å². The minimum Gasteiger partial charge on any atom is -0.382 e. The topological polar surface area (TPSA) is 29.5 Å². The van der Waals surface area contributed by atoms with Gasteiger partial charge < -0.3 is 9.84 Å². The molecule has 1 saturated heterocycles. The average molecular weight is 274 g/mol. The van der Waals surface area contributed by atoms with Gasteiger partial charge in [0.1, 0.15) is 5.60 Å². The van der Waals surface area contributed by atoms with Crippen LogP contribution in [-0.4, -0.2) is 16.3 Å². The van der Waals surface area contributed by atoms with Crippen molar-refractivity contribution in [2.45, 2.75) is 76.1 Å². The Morgan fingerprint density at radius 3 is 2.35 bits per heavy atom. The van der Waals surface area contributed by atoms with Crippen molar-refractivity contribution in [1.82, 2.24) is 0 Å². The lowest BCUT2D eigenvalue weighted by Crippen LogP contribution is -2.43. The highest BCUT2D eigenvalue weighted by atomic mass is 16.5. The molecule has 1 saturated carbocycles. The van der Waals surface area contributed by atoms with Gasteiger partial charge in [-0.25, -0.2) is 0 Å². The van der Waals surface area contributed by atoms with Crippen molar-refractivity contribution in [3.63, 3.8) is 0 Å². The second-order valence-corrected chi connectivity index (χ2v) is 7.66. The Bertz CT molecular complexity index is 514. The fourth-order valence-corrected chi connectivity index (χ4v) is 3.88. The van der Waals surface area contributed by atoms with E-state index in [1.165, 1.54) is 24.8 Å². The molecule has 0 spiro atoms.